The second-order valence-electron chi connectivity index (χ2n) is 5.63. The molecule has 3 rings (SSSR count). The number of hydrogen-bond donors (Lipinski definition) is 0. The first kappa shape index (κ1) is 16.8. The lowest BCUT2D eigenvalue weighted by molar-refractivity contribution is -0.274. The van der Waals surface area contributed by atoms with Crippen LogP contribution in [0.2, 0.25) is 0 Å². The van der Waals surface area contributed by atoms with Gasteiger partial charge in [0.1, 0.15) is 5.75 Å². The maximum atomic E-state index is 12.6. The number of rotatable bonds is 4. The van der Waals surface area contributed by atoms with Gasteiger partial charge in [0.2, 0.25) is 5.91 Å². The van der Waals surface area contributed by atoms with Crippen molar-refractivity contribution in [2.45, 2.75) is 31.7 Å². The highest BCUT2D eigenvalue weighted by atomic mass is 32.1. The molecule has 1 atom stereocenters. The van der Waals surface area contributed by atoms with Gasteiger partial charge in [0.15, 0.2) is 0 Å². The Morgan fingerprint density at radius 1 is 1.25 bits per heavy atom. The van der Waals surface area contributed by atoms with Crippen molar-refractivity contribution < 1.29 is 22.7 Å². The van der Waals surface area contributed by atoms with Gasteiger partial charge >= 0.3 is 6.36 Å². The van der Waals surface area contributed by atoms with Gasteiger partial charge in [-0.2, -0.15) is 0 Å². The zero-order valence-corrected chi connectivity index (χ0v) is 13.6. The standard InChI is InChI=1S/C17H16F3NO2S/c18-17(19,20)23-13-7-5-12(6-8-13)11-16(22)21-9-1-3-14(21)15-4-2-10-24-15/h2,4-8,10,14H,1,3,9,11H2. The Kier molecular flexibility index (Phi) is 4.80. The number of amides is 1. The number of hydrogen-bond acceptors (Lipinski definition) is 3. The van der Waals surface area contributed by atoms with Gasteiger partial charge in [-0.3, -0.25) is 4.79 Å². The predicted octanol–water partition coefficient (Wildman–Crippen LogP) is 4.55. The first-order valence-corrected chi connectivity index (χ1v) is 8.48. The fraction of sp³-hybridized carbons (Fsp3) is 0.353. The molecule has 1 amide bonds. The maximum absolute atomic E-state index is 12.6. The smallest absolute Gasteiger partial charge is 0.406 e. The Labute approximate surface area is 141 Å². The lowest BCUT2D eigenvalue weighted by Gasteiger charge is -2.24. The minimum Gasteiger partial charge on any atom is -0.406 e. The van der Waals surface area contributed by atoms with Crippen LogP contribution in [0, 0.1) is 0 Å². The molecule has 0 aliphatic carbocycles. The minimum absolute atomic E-state index is 0.00427. The summed E-state index contributed by atoms with van der Waals surface area (Å²) < 4.78 is 40.3. The van der Waals surface area contributed by atoms with Crippen LogP contribution in [0.25, 0.3) is 0 Å². The zero-order valence-electron chi connectivity index (χ0n) is 12.8. The van der Waals surface area contributed by atoms with E-state index in [1.54, 1.807) is 11.3 Å². The summed E-state index contributed by atoms with van der Waals surface area (Å²) in [7, 11) is 0. The Balaban J connectivity index is 1.64. The molecule has 2 aromatic rings. The zero-order chi connectivity index (χ0) is 17.2. The van der Waals surface area contributed by atoms with Crippen molar-refractivity contribution in [1.29, 1.82) is 0 Å². The second kappa shape index (κ2) is 6.84. The van der Waals surface area contributed by atoms with Gasteiger partial charge < -0.3 is 9.64 Å². The number of likely N-dealkylation sites (tertiary alicyclic amines) is 1. The highest BCUT2D eigenvalue weighted by Gasteiger charge is 2.32. The topological polar surface area (TPSA) is 29.5 Å². The summed E-state index contributed by atoms with van der Waals surface area (Å²) in [4.78, 5) is 15.6. The van der Waals surface area contributed by atoms with E-state index in [1.165, 1.54) is 29.1 Å². The molecular formula is C17H16F3NO2S. The summed E-state index contributed by atoms with van der Waals surface area (Å²) in [5.74, 6) is -0.285. The average Bonchev–Trinajstić information content (AvgIpc) is 3.18. The quantitative estimate of drug-likeness (QED) is 0.805. The van der Waals surface area contributed by atoms with E-state index in [2.05, 4.69) is 4.74 Å². The van der Waals surface area contributed by atoms with Crippen LogP contribution in [-0.4, -0.2) is 23.7 Å². The van der Waals surface area contributed by atoms with E-state index in [4.69, 9.17) is 0 Å². The monoisotopic (exact) mass is 355 g/mol. The van der Waals surface area contributed by atoms with Gasteiger partial charge in [-0.05, 0) is 42.0 Å². The van der Waals surface area contributed by atoms with Crippen molar-refractivity contribution in [3.8, 4) is 5.75 Å². The molecule has 0 saturated carbocycles. The molecule has 0 N–H and O–H groups in total. The molecule has 3 nitrogen and oxygen atoms in total. The van der Waals surface area contributed by atoms with E-state index < -0.39 is 6.36 Å². The third-order valence-electron chi connectivity index (χ3n) is 3.96. The molecule has 7 heteroatoms. The number of alkyl halides is 3. The summed E-state index contributed by atoms with van der Waals surface area (Å²) in [6, 6.07) is 9.58. The Morgan fingerprint density at radius 3 is 2.62 bits per heavy atom. The fourth-order valence-corrected chi connectivity index (χ4v) is 3.80. The Hall–Kier alpha value is -2.02. The molecule has 0 bridgehead atoms. The minimum atomic E-state index is -4.71. The molecule has 1 aliphatic rings. The normalized spacial score (nSPS) is 18.0. The third-order valence-corrected chi connectivity index (χ3v) is 4.93. The van der Waals surface area contributed by atoms with E-state index in [0.29, 0.717) is 5.56 Å². The van der Waals surface area contributed by atoms with Gasteiger partial charge in [0.25, 0.3) is 0 Å². The van der Waals surface area contributed by atoms with E-state index in [1.807, 2.05) is 22.4 Å². The van der Waals surface area contributed by atoms with Crippen molar-refractivity contribution in [2.75, 3.05) is 6.54 Å². The lowest BCUT2D eigenvalue weighted by atomic mass is 10.1. The molecule has 1 aromatic carbocycles. The largest absolute Gasteiger partial charge is 0.573 e. The summed E-state index contributed by atoms with van der Waals surface area (Å²) >= 11 is 1.64. The molecule has 2 heterocycles. The average molecular weight is 355 g/mol. The summed E-state index contributed by atoms with van der Waals surface area (Å²) in [5, 5.41) is 2.00. The molecule has 1 unspecified atom stereocenters. The fourth-order valence-electron chi connectivity index (χ4n) is 2.93. The number of ether oxygens (including phenoxy) is 1. The third kappa shape index (κ3) is 4.08. The first-order valence-electron chi connectivity index (χ1n) is 7.60. The van der Waals surface area contributed by atoms with Crippen LogP contribution >= 0.6 is 11.3 Å². The second-order valence-corrected chi connectivity index (χ2v) is 6.61. The van der Waals surface area contributed by atoms with Gasteiger partial charge in [0.05, 0.1) is 12.5 Å². The highest BCUT2D eigenvalue weighted by Crippen LogP contribution is 2.34. The van der Waals surface area contributed by atoms with Crippen LogP contribution in [-0.2, 0) is 11.2 Å². The van der Waals surface area contributed by atoms with Crippen molar-refractivity contribution >= 4 is 17.2 Å². The van der Waals surface area contributed by atoms with Crippen LogP contribution in [0.1, 0.15) is 29.3 Å². The lowest BCUT2D eigenvalue weighted by Crippen LogP contribution is -2.31. The van der Waals surface area contributed by atoms with Crippen LogP contribution in [0.3, 0.4) is 0 Å². The van der Waals surface area contributed by atoms with Crippen molar-refractivity contribution in [2.24, 2.45) is 0 Å². The molecule has 1 saturated heterocycles. The molecule has 0 radical (unpaired) electrons. The van der Waals surface area contributed by atoms with Gasteiger partial charge in [-0.1, -0.05) is 18.2 Å². The molecule has 1 fully saturated rings. The van der Waals surface area contributed by atoms with Crippen LogP contribution in [0.5, 0.6) is 5.75 Å². The van der Waals surface area contributed by atoms with E-state index in [0.717, 1.165) is 19.4 Å². The number of halogens is 3. The highest BCUT2D eigenvalue weighted by molar-refractivity contribution is 7.10. The molecule has 1 aliphatic heterocycles. The number of carbonyl (C=O) groups excluding carboxylic acids is 1. The summed E-state index contributed by atoms with van der Waals surface area (Å²) in [6.45, 7) is 0.719. The van der Waals surface area contributed by atoms with Gasteiger partial charge in [-0.25, -0.2) is 0 Å². The van der Waals surface area contributed by atoms with Crippen molar-refractivity contribution in [3.63, 3.8) is 0 Å². The van der Waals surface area contributed by atoms with E-state index in [9.17, 15) is 18.0 Å². The summed E-state index contributed by atoms with van der Waals surface area (Å²) in [6.07, 6.45) is -2.62. The number of carbonyl (C=O) groups is 1. The van der Waals surface area contributed by atoms with Gasteiger partial charge in [0, 0.05) is 11.4 Å². The number of benzene rings is 1. The van der Waals surface area contributed by atoms with Crippen molar-refractivity contribution in [1.82, 2.24) is 4.90 Å². The number of thiophene rings is 1. The van der Waals surface area contributed by atoms with Crippen LogP contribution in [0.15, 0.2) is 41.8 Å². The predicted molar refractivity (Wildman–Crippen MR) is 84.8 cm³/mol. The molecular weight excluding hydrogens is 339 g/mol. The maximum Gasteiger partial charge on any atom is 0.573 e. The molecule has 128 valence electrons. The van der Waals surface area contributed by atoms with Crippen LogP contribution in [0.4, 0.5) is 13.2 Å². The van der Waals surface area contributed by atoms with E-state index >= 15 is 0 Å². The van der Waals surface area contributed by atoms with Crippen LogP contribution < -0.4 is 4.74 Å². The number of nitrogens with zero attached hydrogens (tertiary/aromatic N) is 1. The molecule has 1 aromatic heterocycles. The Morgan fingerprint density at radius 2 is 2.00 bits per heavy atom. The Bertz CT molecular complexity index is 683. The summed E-state index contributed by atoms with van der Waals surface area (Å²) in [5.41, 5.74) is 0.673. The molecule has 24 heavy (non-hydrogen) atoms. The van der Waals surface area contributed by atoms with Gasteiger partial charge in [-0.15, -0.1) is 24.5 Å². The SMILES string of the molecule is O=C(Cc1ccc(OC(F)(F)F)cc1)N1CCCC1c1cccs1. The molecule has 0 spiro atoms. The first-order chi connectivity index (χ1) is 11.4. The van der Waals surface area contributed by atoms with Crippen molar-refractivity contribution in [3.05, 3.63) is 52.2 Å². The van der Waals surface area contributed by atoms with E-state index in [-0.39, 0.29) is 24.1 Å².